The average molecular weight is 303 g/mol. The Bertz CT molecular complexity index is 863. The summed E-state index contributed by atoms with van der Waals surface area (Å²) in [5.74, 6) is 0.652. The van der Waals surface area contributed by atoms with Crippen LogP contribution >= 0.6 is 0 Å². The zero-order chi connectivity index (χ0) is 15.1. The monoisotopic (exact) mass is 303 g/mol. The number of H-pyrrole nitrogens is 1. The fourth-order valence-electron chi connectivity index (χ4n) is 2.44. The minimum atomic E-state index is -1.67. The van der Waals surface area contributed by atoms with Crippen LogP contribution in [-0.4, -0.2) is 14.7 Å². The van der Waals surface area contributed by atoms with E-state index in [0.29, 0.717) is 21.6 Å². The summed E-state index contributed by atoms with van der Waals surface area (Å²) < 4.78 is 17.0. The molecule has 6 nitrogen and oxygen atoms in total. The van der Waals surface area contributed by atoms with Crippen LogP contribution in [0.4, 0.5) is 0 Å². The van der Waals surface area contributed by atoms with Crippen molar-refractivity contribution in [2.75, 3.05) is 0 Å². The smallest absolute Gasteiger partial charge is 0.248 e. The maximum absolute atomic E-state index is 11.8. The number of pyridine rings is 1. The molecule has 1 aromatic carbocycles. The Labute approximate surface area is 123 Å². The Morgan fingerprint density at radius 2 is 2.10 bits per heavy atom. The lowest BCUT2D eigenvalue weighted by molar-refractivity contribution is 0.393. The molecule has 0 aliphatic heterocycles. The second kappa shape index (κ2) is 5.03. The van der Waals surface area contributed by atoms with Crippen LogP contribution in [0.1, 0.15) is 11.5 Å². The molecule has 108 valence electrons. The third kappa shape index (κ3) is 2.35. The molecule has 1 atom stereocenters. The minimum absolute atomic E-state index is 0.229. The van der Waals surface area contributed by atoms with Gasteiger partial charge in [0, 0.05) is 17.7 Å². The van der Waals surface area contributed by atoms with Crippen molar-refractivity contribution < 1.29 is 9.08 Å². The van der Waals surface area contributed by atoms with Gasteiger partial charge < -0.3 is 14.1 Å². The number of fused-ring (bicyclic) bond motifs is 1. The van der Waals surface area contributed by atoms with E-state index < -0.39 is 11.4 Å². The summed E-state index contributed by atoms with van der Waals surface area (Å²) in [7, 11) is 0. The van der Waals surface area contributed by atoms with Crippen molar-refractivity contribution in [3.05, 3.63) is 46.1 Å². The van der Waals surface area contributed by atoms with E-state index in [1.54, 1.807) is 25.1 Å². The molecule has 0 aliphatic carbocycles. The first-order valence-corrected chi connectivity index (χ1v) is 7.45. The number of hydrogen-bond acceptors (Lipinski definition) is 5. The van der Waals surface area contributed by atoms with Crippen molar-refractivity contribution in [2.24, 2.45) is 5.14 Å². The third-order valence-corrected chi connectivity index (χ3v) is 4.11. The van der Waals surface area contributed by atoms with Gasteiger partial charge in [-0.1, -0.05) is 5.16 Å². The number of benzene rings is 1. The zero-order valence-corrected chi connectivity index (χ0v) is 12.3. The van der Waals surface area contributed by atoms with E-state index in [9.17, 15) is 9.35 Å². The summed E-state index contributed by atoms with van der Waals surface area (Å²) in [4.78, 5) is 14.7. The summed E-state index contributed by atoms with van der Waals surface area (Å²) >= 11 is -1.67. The van der Waals surface area contributed by atoms with E-state index in [2.05, 4.69) is 10.1 Å². The van der Waals surface area contributed by atoms with E-state index in [1.807, 2.05) is 6.92 Å². The number of aromatic nitrogens is 2. The van der Waals surface area contributed by atoms with E-state index in [0.717, 1.165) is 16.8 Å². The molecule has 3 aromatic rings. The normalized spacial score (nSPS) is 12.8. The maximum Gasteiger partial charge on any atom is 0.248 e. The van der Waals surface area contributed by atoms with Gasteiger partial charge >= 0.3 is 0 Å². The number of aryl methyl sites for hydroxylation is 2. The van der Waals surface area contributed by atoms with Crippen LogP contribution in [0.15, 0.2) is 38.5 Å². The van der Waals surface area contributed by atoms with Crippen LogP contribution in [0.25, 0.3) is 22.0 Å². The minimum Gasteiger partial charge on any atom is -0.593 e. The van der Waals surface area contributed by atoms with E-state index in [1.165, 1.54) is 6.07 Å². The van der Waals surface area contributed by atoms with Gasteiger partial charge in [0.15, 0.2) is 4.90 Å². The molecule has 2 heterocycles. The Kier molecular flexibility index (Phi) is 3.32. The summed E-state index contributed by atoms with van der Waals surface area (Å²) in [6, 6.07) is 6.54. The molecular weight excluding hydrogens is 290 g/mol. The molecule has 0 amide bonds. The first-order valence-electron chi connectivity index (χ1n) is 6.24. The highest BCUT2D eigenvalue weighted by molar-refractivity contribution is 7.89. The van der Waals surface area contributed by atoms with Gasteiger partial charge in [0.1, 0.15) is 5.76 Å². The molecule has 7 heteroatoms. The number of rotatable bonds is 2. The first kappa shape index (κ1) is 13.9. The van der Waals surface area contributed by atoms with Gasteiger partial charge in [-0.2, -0.15) is 0 Å². The van der Waals surface area contributed by atoms with Gasteiger partial charge in [0.05, 0.1) is 28.0 Å². The number of nitrogens with one attached hydrogen (secondary N) is 1. The second-order valence-corrected chi connectivity index (χ2v) is 5.79. The van der Waals surface area contributed by atoms with Gasteiger partial charge in [0.25, 0.3) is 0 Å². The largest absolute Gasteiger partial charge is 0.593 e. The SMILES string of the molecule is Cc1noc(C)c1-c1cc([S+](N)[O-])c2ccc(=O)[nH]c2c1. The zero-order valence-electron chi connectivity index (χ0n) is 11.5. The predicted octanol–water partition coefficient (Wildman–Crippen LogP) is 1.78. The maximum atomic E-state index is 11.8. The Balaban J connectivity index is 2.37. The number of hydrogen-bond donors (Lipinski definition) is 2. The van der Waals surface area contributed by atoms with Gasteiger partial charge in [-0.25, -0.2) is 0 Å². The first-order chi connectivity index (χ1) is 9.97. The second-order valence-electron chi connectivity index (χ2n) is 4.75. The van der Waals surface area contributed by atoms with Crippen molar-refractivity contribution in [2.45, 2.75) is 18.7 Å². The molecule has 0 radical (unpaired) electrons. The molecule has 0 spiro atoms. The Hall–Kier alpha value is -2.09. The molecule has 0 fully saturated rings. The van der Waals surface area contributed by atoms with Crippen molar-refractivity contribution in [3.63, 3.8) is 0 Å². The fraction of sp³-hybridized carbons (Fsp3) is 0.143. The fourth-order valence-corrected chi connectivity index (χ4v) is 3.08. The summed E-state index contributed by atoms with van der Waals surface area (Å²) in [6.07, 6.45) is 0. The van der Waals surface area contributed by atoms with Crippen molar-refractivity contribution in [1.29, 1.82) is 0 Å². The van der Waals surface area contributed by atoms with E-state index >= 15 is 0 Å². The lowest BCUT2D eigenvalue weighted by atomic mass is 10.0. The van der Waals surface area contributed by atoms with Gasteiger partial charge in [-0.3, -0.25) is 4.79 Å². The molecule has 3 rings (SSSR count). The standard InChI is InChI=1S/C14H13N3O3S/c1-7-14(8(2)20-17-7)9-5-11-10(3-4-13(18)16-11)12(6-9)21(15)19/h3-6H,15H2,1-2H3,(H,16,18). The third-order valence-electron chi connectivity index (χ3n) is 3.34. The van der Waals surface area contributed by atoms with Crippen molar-refractivity contribution in [3.8, 4) is 11.1 Å². The van der Waals surface area contributed by atoms with Crippen LogP contribution < -0.4 is 10.7 Å². The van der Waals surface area contributed by atoms with Crippen LogP contribution in [0.2, 0.25) is 0 Å². The number of nitrogens with zero attached hydrogens (tertiary/aromatic N) is 1. The summed E-state index contributed by atoms with van der Waals surface area (Å²) in [6.45, 7) is 3.62. The molecule has 0 saturated heterocycles. The highest BCUT2D eigenvalue weighted by Gasteiger charge is 2.18. The Morgan fingerprint density at radius 3 is 2.71 bits per heavy atom. The van der Waals surface area contributed by atoms with Gasteiger partial charge in [0.2, 0.25) is 5.56 Å². The van der Waals surface area contributed by atoms with Crippen LogP contribution in [0, 0.1) is 13.8 Å². The number of aromatic amines is 1. The molecule has 3 N–H and O–H groups in total. The van der Waals surface area contributed by atoms with Crippen LogP contribution in [-0.2, 0) is 11.4 Å². The lowest BCUT2D eigenvalue weighted by Gasteiger charge is -2.09. The predicted molar refractivity (Wildman–Crippen MR) is 80.1 cm³/mol. The van der Waals surface area contributed by atoms with E-state index in [4.69, 9.17) is 9.66 Å². The number of nitrogens with two attached hydrogens (primary N) is 1. The molecule has 0 aliphatic rings. The van der Waals surface area contributed by atoms with Crippen LogP contribution in [0.5, 0.6) is 0 Å². The van der Waals surface area contributed by atoms with Gasteiger partial charge in [-0.15, -0.1) is 5.14 Å². The van der Waals surface area contributed by atoms with Gasteiger partial charge in [-0.05, 0) is 31.5 Å². The van der Waals surface area contributed by atoms with Crippen LogP contribution in [0.3, 0.4) is 0 Å². The van der Waals surface area contributed by atoms with Crippen molar-refractivity contribution >= 4 is 22.3 Å². The lowest BCUT2D eigenvalue weighted by Crippen LogP contribution is -2.14. The molecule has 2 aromatic heterocycles. The highest BCUT2D eigenvalue weighted by Crippen LogP contribution is 2.32. The average Bonchev–Trinajstić information content (AvgIpc) is 2.76. The quantitative estimate of drug-likeness (QED) is 0.701. The molecular formula is C14H13N3O3S. The highest BCUT2D eigenvalue weighted by atomic mass is 32.2. The Morgan fingerprint density at radius 1 is 1.33 bits per heavy atom. The molecule has 21 heavy (non-hydrogen) atoms. The summed E-state index contributed by atoms with van der Waals surface area (Å²) in [5, 5.41) is 10.1. The molecule has 0 bridgehead atoms. The van der Waals surface area contributed by atoms with Crippen molar-refractivity contribution in [1.82, 2.24) is 10.1 Å². The topological polar surface area (TPSA) is 108 Å². The molecule has 1 unspecified atom stereocenters. The van der Waals surface area contributed by atoms with E-state index in [-0.39, 0.29) is 5.56 Å². The summed E-state index contributed by atoms with van der Waals surface area (Å²) in [5.41, 5.74) is 2.64. The molecule has 0 saturated carbocycles.